The van der Waals surface area contributed by atoms with Gasteiger partial charge in [-0.15, -0.1) is 0 Å². The molecule has 0 aliphatic carbocycles. The Labute approximate surface area is 160 Å². The largest absolute Gasteiger partial charge is 0.340 e. The van der Waals surface area contributed by atoms with Gasteiger partial charge in [-0.1, -0.05) is 43.6 Å². The SMILES string of the molecule is CC(C)c1nccn1CCN1CCN(C(=O)Cc2ccccc2Cl)CC1. The highest BCUT2D eigenvalue weighted by Crippen LogP contribution is 2.17. The maximum absolute atomic E-state index is 12.5. The van der Waals surface area contributed by atoms with Gasteiger partial charge in [0.05, 0.1) is 6.42 Å². The van der Waals surface area contributed by atoms with Crippen molar-refractivity contribution in [2.75, 3.05) is 32.7 Å². The van der Waals surface area contributed by atoms with Gasteiger partial charge in [-0.2, -0.15) is 0 Å². The highest BCUT2D eigenvalue weighted by Gasteiger charge is 2.21. The first-order chi connectivity index (χ1) is 12.5. The number of hydrogen-bond acceptors (Lipinski definition) is 3. The molecule has 1 aromatic heterocycles. The van der Waals surface area contributed by atoms with Crippen LogP contribution in [0.2, 0.25) is 5.02 Å². The summed E-state index contributed by atoms with van der Waals surface area (Å²) in [5.74, 6) is 1.73. The van der Waals surface area contributed by atoms with Gasteiger partial charge in [0.1, 0.15) is 5.82 Å². The summed E-state index contributed by atoms with van der Waals surface area (Å²) in [5, 5.41) is 0.667. The van der Waals surface area contributed by atoms with Crippen LogP contribution in [0.15, 0.2) is 36.7 Å². The molecule has 2 heterocycles. The molecule has 5 nitrogen and oxygen atoms in total. The average Bonchev–Trinajstić information content (AvgIpc) is 3.11. The van der Waals surface area contributed by atoms with Crippen molar-refractivity contribution in [2.24, 2.45) is 0 Å². The molecule has 1 aliphatic rings. The molecule has 26 heavy (non-hydrogen) atoms. The molecule has 0 N–H and O–H groups in total. The van der Waals surface area contributed by atoms with E-state index in [2.05, 4.69) is 34.5 Å². The summed E-state index contributed by atoms with van der Waals surface area (Å²) < 4.78 is 2.24. The number of rotatable bonds is 6. The fourth-order valence-corrected chi connectivity index (χ4v) is 3.60. The average molecular weight is 375 g/mol. The van der Waals surface area contributed by atoms with E-state index in [-0.39, 0.29) is 5.91 Å². The van der Waals surface area contributed by atoms with Gasteiger partial charge in [0.2, 0.25) is 5.91 Å². The molecular formula is C20H27ClN4O. The Morgan fingerprint density at radius 1 is 1.15 bits per heavy atom. The van der Waals surface area contributed by atoms with Crippen LogP contribution in [0.3, 0.4) is 0 Å². The van der Waals surface area contributed by atoms with Gasteiger partial charge in [-0.05, 0) is 11.6 Å². The quantitative estimate of drug-likeness (QED) is 0.780. The van der Waals surface area contributed by atoms with Crippen LogP contribution in [0.4, 0.5) is 0 Å². The van der Waals surface area contributed by atoms with Crippen LogP contribution in [0, 0.1) is 0 Å². The molecule has 0 spiro atoms. The van der Waals surface area contributed by atoms with Gasteiger partial charge in [0.25, 0.3) is 0 Å². The summed E-state index contributed by atoms with van der Waals surface area (Å²) in [6, 6.07) is 7.57. The zero-order chi connectivity index (χ0) is 18.5. The first-order valence-electron chi connectivity index (χ1n) is 9.29. The van der Waals surface area contributed by atoms with Crippen LogP contribution in [0.5, 0.6) is 0 Å². The van der Waals surface area contributed by atoms with E-state index < -0.39 is 0 Å². The zero-order valence-corrected chi connectivity index (χ0v) is 16.3. The van der Waals surface area contributed by atoms with Crippen LogP contribution in [-0.4, -0.2) is 58.0 Å². The lowest BCUT2D eigenvalue weighted by atomic mass is 10.1. The molecule has 0 radical (unpaired) electrons. The summed E-state index contributed by atoms with van der Waals surface area (Å²) in [6.45, 7) is 9.67. The molecule has 0 bridgehead atoms. The molecule has 1 aliphatic heterocycles. The van der Waals surface area contributed by atoms with E-state index in [1.807, 2.05) is 35.4 Å². The van der Waals surface area contributed by atoms with Gasteiger partial charge in [0.15, 0.2) is 0 Å². The Hall–Kier alpha value is -1.85. The topological polar surface area (TPSA) is 41.4 Å². The first kappa shape index (κ1) is 18.9. The predicted octanol–water partition coefficient (Wildman–Crippen LogP) is 3.05. The number of amides is 1. The van der Waals surface area contributed by atoms with Crippen molar-refractivity contribution < 1.29 is 4.79 Å². The Morgan fingerprint density at radius 2 is 1.88 bits per heavy atom. The number of aromatic nitrogens is 2. The lowest BCUT2D eigenvalue weighted by Crippen LogP contribution is -2.49. The zero-order valence-electron chi connectivity index (χ0n) is 15.6. The highest BCUT2D eigenvalue weighted by molar-refractivity contribution is 6.31. The third-order valence-corrected chi connectivity index (χ3v) is 5.31. The second-order valence-corrected chi connectivity index (χ2v) is 7.53. The van der Waals surface area contributed by atoms with E-state index in [1.165, 1.54) is 0 Å². The van der Waals surface area contributed by atoms with Gasteiger partial charge >= 0.3 is 0 Å². The van der Waals surface area contributed by atoms with Crippen molar-refractivity contribution in [3.8, 4) is 0 Å². The number of nitrogens with zero attached hydrogens (tertiary/aromatic N) is 4. The maximum Gasteiger partial charge on any atom is 0.227 e. The van der Waals surface area contributed by atoms with Crippen molar-refractivity contribution in [3.05, 3.63) is 53.1 Å². The maximum atomic E-state index is 12.5. The van der Waals surface area contributed by atoms with Crippen molar-refractivity contribution >= 4 is 17.5 Å². The minimum Gasteiger partial charge on any atom is -0.340 e. The number of carbonyl (C=O) groups excluding carboxylic acids is 1. The number of halogens is 1. The Morgan fingerprint density at radius 3 is 2.58 bits per heavy atom. The minimum atomic E-state index is 0.162. The van der Waals surface area contributed by atoms with E-state index in [4.69, 9.17) is 11.6 Å². The minimum absolute atomic E-state index is 0.162. The fourth-order valence-electron chi connectivity index (χ4n) is 3.40. The lowest BCUT2D eigenvalue weighted by molar-refractivity contribution is -0.132. The number of imidazole rings is 1. The molecule has 2 aromatic rings. The van der Waals surface area contributed by atoms with Gasteiger partial charge in [0, 0.05) is 62.6 Å². The fraction of sp³-hybridized carbons (Fsp3) is 0.500. The molecule has 0 unspecified atom stereocenters. The van der Waals surface area contributed by atoms with Crippen LogP contribution in [0.25, 0.3) is 0 Å². The number of hydrogen-bond donors (Lipinski definition) is 0. The molecule has 1 saturated heterocycles. The Balaban J connectivity index is 1.46. The Bertz CT molecular complexity index is 735. The smallest absolute Gasteiger partial charge is 0.227 e. The lowest BCUT2D eigenvalue weighted by Gasteiger charge is -2.35. The van der Waals surface area contributed by atoms with Crippen molar-refractivity contribution in [3.63, 3.8) is 0 Å². The number of piperazine rings is 1. The van der Waals surface area contributed by atoms with Crippen LogP contribution in [-0.2, 0) is 17.8 Å². The van der Waals surface area contributed by atoms with Gasteiger partial charge in [-0.3, -0.25) is 9.69 Å². The van der Waals surface area contributed by atoms with E-state index >= 15 is 0 Å². The van der Waals surface area contributed by atoms with Crippen molar-refractivity contribution in [1.29, 1.82) is 0 Å². The predicted molar refractivity (Wildman–Crippen MR) is 104 cm³/mol. The van der Waals surface area contributed by atoms with E-state index in [9.17, 15) is 4.79 Å². The molecule has 1 amide bonds. The monoisotopic (exact) mass is 374 g/mol. The number of carbonyl (C=O) groups is 1. The molecule has 6 heteroatoms. The van der Waals surface area contributed by atoms with E-state index in [1.54, 1.807) is 0 Å². The second-order valence-electron chi connectivity index (χ2n) is 7.12. The summed E-state index contributed by atoms with van der Waals surface area (Å²) >= 11 is 6.17. The van der Waals surface area contributed by atoms with Gasteiger partial charge in [-0.25, -0.2) is 4.98 Å². The molecule has 1 aromatic carbocycles. The number of benzene rings is 1. The molecule has 140 valence electrons. The molecule has 0 saturated carbocycles. The molecule has 1 fully saturated rings. The first-order valence-corrected chi connectivity index (χ1v) is 9.67. The summed E-state index contributed by atoms with van der Waals surface area (Å²) in [5.41, 5.74) is 0.905. The standard InChI is InChI=1S/C20H27ClN4O/c1-16(2)20-22-7-8-25(20)14-11-23-9-12-24(13-10-23)19(26)15-17-5-3-4-6-18(17)21/h3-8,16H,9-15H2,1-2H3. The second kappa shape index (κ2) is 8.69. The van der Waals surface area contributed by atoms with Crippen LogP contribution in [0.1, 0.15) is 31.2 Å². The normalized spacial score (nSPS) is 15.6. The Kier molecular flexibility index (Phi) is 6.33. The molecular weight excluding hydrogens is 348 g/mol. The molecule has 3 rings (SSSR count). The summed E-state index contributed by atoms with van der Waals surface area (Å²) in [7, 11) is 0. The van der Waals surface area contributed by atoms with E-state index in [0.29, 0.717) is 17.4 Å². The van der Waals surface area contributed by atoms with Crippen LogP contribution < -0.4 is 0 Å². The third kappa shape index (κ3) is 4.65. The van der Waals surface area contributed by atoms with Crippen LogP contribution >= 0.6 is 11.6 Å². The summed E-state index contributed by atoms with van der Waals surface area (Å²) in [6.07, 6.45) is 4.31. The van der Waals surface area contributed by atoms with Gasteiger partial charge < -0.3 is 9.47 Å². The third-order valence-electron chi connectivity index (χ3n) is 4.95. The highest BCUT2D eigenvalue weighted by atomic mass is 35.5. The van der Waals surface area contributed by atoms with Crippen molar-refractivity contribution in [2.45, 2.75) is 32.7 Å². The molecule has 0 atom stereocenters. The van der Waals surface area contributed by atoms with Crippen molar-refractivity contribution in [1.82, 2.24) is 19.4 Å². The van der Waals surface area contributed by atoms with E-state index in [0.717, 1.165) is 50.7 Å². The summed E-state index contributed by atoms with van der Waals surface area (Å²) in [4.78, 5) is 21.3.